The fraction of sp³-hybridized carbons (Fsp3) is 0.600. The molecule has 1 aliphatic heterocycles. The molecular weight excluding hydrogens is 290 g/mol. The Hall–Kier alpha value is -0.520. The Labute approximate surface area is 125 Å². The number of nitrogens with one attached hydrogen (secondary N) is 1. The number of hydrogen-bond acceptors (Lipinski definition) is 4. The van der Waals surface area contributed by atoms with Gasteiger partial charge in [0, 0.05) is 23.2 Å². The van der Waals surface area contributed by atoms with Gasteiger partial charge in [0.25, 0.3) is 0 Å². The average Bonchev–Trinajstić information content (AvgIpc) is 2.87. The molecule has 1 fully saturated rings. The van der Waals surface area contributed by atoms with E-state index < -0.39 is 9.84 Å². The lowest BCUT2D eigenvalue weighted by Gasteiger charge is -2.30. The molecule has 5 heteroatoms. The van der Waals surface area contributed by atoms with Gasteiger partial charge >= 0.3 is 0 Å². The third-order valence-corrected chi connectivity index (χ3v) is 7.16. The molecule has 2 aliphatic rings. The molecule has 1 aliphatic carbocycles. The van der Waals surface area contributed by atoms with Crippen LogP contribution >= 0.6 is 11.8 Å². The van der Waals surface area contributed by atoms with Crippen molar-refractivity contribution in [3.63, 3.8) is 0 Å². The maximum absolute atomic E-state index is 11.9. The molecule has 1 heterocycles. The number of thioether (sulfide) groups is 1. The van der Waals surface area contributed by atoms with Crippen LogP contribution in [0.3, 0.4) is 0 Å². The molecule has 3 unspecified atom stereocenters. The molecule has 1 aromatic rings. The molecule has 3 atom stereocenters. The third kappa shape index (κ3) is 2.90. The quantitative estimate of drug-likeness (QED) is 0.932. The molecule has 110 valence electrons. The van der Waals surface area contributed by atoms with Crippen molar-refractivity contribution in [3.05, 3.63) is 29.8 Å². The summed E-state index contributed by atoms with van der Waals surface area (Å²) in [5.74, 6) is 1.10. The molecule has 0 saturated heterocycles. The first-order valence-electron chi connectivity index (χ1n) is 7.22. The van der Waals surface area contributed by atoms with E-state index in [0.29, 0.717) is 6.04 Å². The van der Waals surface area contributed by atoms with E-state index in [9.17, 15) is 8.42 Å². The van der Waals surface area contributed by atoms with E-state index in [2.05, 4.69) is 29.6 Å². The summed E-state index contributed by atoms with van der Waals surface area (Å²) in [6.45, 7) is 0. The summed E-state index contributed by atoms with van der Waals surface area (Å²) in [7, 11) is -2.95. The van der Waals surface area contributed by atoms with Crippen LogP contribution in [-0.2, 0) is 9.84 Å². The van der Waals surface area contributed by atoms with Gasteiger partial charge in [-0.2, -0.15) is 0 Å². The van der Waals surface area contributed by atoms with E-state index >= 15 is 0 Å². The second-order valence-electron chi connectivity index (χ2n) is 5.80. The molecule has 0 bridgehead atoms. The monoisotopic (exact) mass is 311 g/mol. The predicted octanol–water partition coefficient (Wildman–Crippen LogP) is 2.78. The second kappa shape index (κ2) is 5.70. The first kappa shape index (κ1) is 14.4. The minimum Gasteiger partial charge on any atom is -0.306 e. The molecule has 3 rings (SSSR count). The fourth-order valence-corrected chi connectivity index (χ4v) is 5.93. The smallest absolute Gasteiger partial charge is 0.151 e. The Kier molecular flexibility index (Phi) is 4.11. The van der Waals surface area contributed by atoms with Crippen molar-refractivity contribution < 1.29 is 8.42 Å². The molecule has 20 heavy (non-hydrogen) atoms. The second-order valence-corrected chi connectivity index (χ2v) is 9.20. The fourth-order valence-electron chi connectivity index (χ4n) is 3.40. The van der Waals surface area contributed by atoms with Crippen LogP contribution in [0, 0.1) is 0 Å². The number of sulfone groups is 1. The molecule has 0 spiro atoms. The number of benzene rings is 1. The van der Waals surface area contributed by atoms with Crippen LogP contribution in [0.1, 0.15) is 37.3 Å². The van der Waals surface area contributed by atoms with Crippen molar-refractivity contribution >= 4 is 21.6 Å². The minimum absolute atomic E-state index is 0.117. The minimum atomic E-state index is -2.95. The summed E-state index contributed by atoms with van der Waals surface area (Å²) in [4.78, 5) is 1.34. The summed E-state index contributed by atoms with van der Waals surface area (Å²) in [5, 5.41) is 3.43. The maximum Gasteiger partial charge on any atom is 0.151 e. The van der Waals surface area contributed by atoms with Crippen LogP contribution in [0.2, 0.25) is 0 Å². The molecule has 3 nitrogen and oxygen atoms in total. The van der Waals surface area contributed by atoms with Crippen LogP contribution < -0.4 is 5.32 Å². The van der Waals surface area contributed by atoms with Gasteiger partial charge in [-0.3, -0.25) is 0 Å². The summed E-state index contributed by atoms with van der Waals surface area (Å²) >= 11 is 1.90. The lowest BCUT2D eigenvalue weighted by Crippen LogP contribution is -2.42. The average molecular weight is 311 g/mol. The molecule has 1 aromatic carbocycles. The van der Waals surface area contributed by atoms with Crippen molar-refractivity contribution in [2.24, 2.45) is 0 Å². The zero-order chi connectivity index (χ0) is 14.2. The van der Waals surface area contributed by atoms with Crippen molar-refractivity contribution in [2.45, 2.75) is 47.9 Å². The van der Waals surface area contributed by atoms with Crippen LogP contribution in [0.5, 0.6) is 0 Å². The van der Waals surface area contributed by atoms with Crippen molar-refractivity contribution in [1.82, 2.24) is 5.32 Å². The van der Waals surface area contributed by atoms with Crippen molar-refractivity contribution in [3.8, 4) is 0 Å². The normalized spacial score (nSPS) is 30.1. The van der Waals surface area contributed by atoms with Crippen molar-refractivity contribution in [2.75, 3.05) is 12.0 Å². The molecule has 1 N–H and O–H groups in total. The Bertz CT molecular complexity index is 585. The van der Waals surface area contributed by atoms with Crippen LogP contribution in [-0.4, -0.2) is 31.7 Å². The van der Waals surface area contributed by atoms with Gasteiger partial charge in [-0.05, 0) is 36.6 Å². The number of hydrogen-bond donors (Lipinski definition) is 1. The Balaban J connectivity index is 1.79. The highest BCUT2D eigenvalue weighted by Gasteiger charge is 2.36. The molecular formula is C15H21NO2S2. The lowest BCUT2D eigenvalue weighted by molar-refractivity contribution is 0.423. The van der Waals surface area contributed by atoms with E-state index in [1.54, 1.807) is 0 Å². The largest absolute Gasteiger partial charge is 0.306 e. The van der Waals surface area contributed by atoms with E-state index in [4.69, 9.17) is 0 Å². The van der Waals surface area contributed by atoms with Gasteiger partial charge < -0.3 is 5.32 Å². The van der Waals surface area contributed by atoms with Gasteiger partial charge in [-0.1, -0.05) is 24.6 Å². The van der Waals surface area contributed by atoms with Gasteiger partial charge in [0.05, 0.1) is 5.25 Å². The first-order chi connectivity index (χ1) is 9.55. The Morgan fingerprint density at radius 1 is 1.20 bits per heavy atom. The molecule has 1 saturated carbocycles. The standard InChI is InChI=1S/C15H21NO2S2/c1-20(17,18)15-8-4-6-13(15)16-12-9-10-19-14-7-3-2-5-11(12)14/h2-3,5,7,12-13,15-16H,4,6,8-10H2,1H3. The van der Waals surface area contributed by atoms with E-state index in [1.165, 1.54) is 16.7 Å². The highest BCUT2D eigenvalue weighted by Crippen LogP contribution is 2.37. The highest BCUT2D eigenvalue weighted by atomic mass is 32.2. The summed E-state index contributed by atoms with van der Waals surface area (Å²) in [6.07, 6.45) is 5.25. The number of rotatable bonds is 3. The van der Waals surface area contributed by atoms with Crippen LogP contribution in [0.15, 0.2) is 29.2 Å². The van der Waals surface area contributed by atoms with Crippen LogP contribution in [0.4, 0.5) is 0 Å². The molecule has 0 amide bonds. The SMILES string of the molecule is CS(=O)(=O)C1CCCC1NC1CCSc2ccccc21. The predicted molar refractivity (Wildman–Crippen MR) is 83.9 cm³/mol. The molecule has 0 radical (unpaired) electrons. The highest BCUT2D eigenvalue weighted by molar-refractivity contribution is 7.99. The van der Waals surface area contributed by atoms with E-state index in [-0.39, 0.29) is 11.3 Å². The summed E-state index contributed by atoms with van der Waals surface area (Å²) in [5.41, 5.74) is 1.34. The van der Waals surface area contributed by atoms with Gasteiger partial charge in [-0.15, -0.1) is 11.8 Å². The zero-order valence-corrected chi connectivity index (χ0v) is 13.3. The van der Waals surface area contributed by atoms with Crippen LogP contribution in [0.25, 0.3) is 0 Å². The van der Waals surface area contributed by atoms with Gasteiger partial charge in [0.2, 0.25) is 0 Å². The van der Waals surface area contributed by atoms with Gasteiger partial charge in [0.1, 0.15) is 0 Å². The Morgan fingerprint density at radius 2 is 2.00 bits per heavy atom. The topological polar surface area (TPSA) is 46.2 Å². The van der Waals surface area contributed by atoms with Gasteiger partial charge in [0.15, 0.2) is 9.84 Å². The Morgan fingerprint density at radius 3 is 2.80 bits per heavy atom. The first-order valence-corrected chi connectivity index (χ1v) is 10.2. The third-order valence-electron chi connectivity index (χ3n) is 4.38. The van der Waals surface area contributed by atoms with E-state index in [1.807, 2.05) is 11.8 Å². The summed E-state index contributed by atoms with van der Waals surface area (Å²) < 4.78 is 23.8. The van der Waals surface area contributed by atoms with E-state index in [0.717, 1.165) is 31.4 Å². The van der Waals surface area contributed by atoms with Crippen molar-refractivity contribution in [1.29, 1.82) is 0 Å². The lowest BCUT2D eigenvalue weighted by atomic mass is 10.0. The number of fused-ring (bicyclic) bond motifs is 1. The zero-order valence-electron chi connectivity index (χ0n) is 11.7. The molecule has 0 aromatic heterocycles. The maximum atomic E-state index is 11.9. The summed E-state index contributed by atoms with van der Waals surface area (Å²) in [6, 6.07) is 8.90. The van der Waals surface area contributed by atoms with Gasteiger partial charge in [-0.25, -0.2) is 8.42 Å².